The summed E-state index contributed by atoms with van der Waals surface area (Å²) >= 11 is 0. The van der Waals surface area contributed by atoms with Gasteiger partial charge >= 0.3 is 0 Å². The zero-order valence-corrected chi connectivity index (χ0v) is 16.6. The molecule has 0 atom stereocenters. The van der Waals surface area contributed by atoms with Gasteiger partial charge in [0, 0.05) is 32.1 Å². The number of nitrogens with zero attached hydrogens (tertiary/aromatic N) is 2. The number of carbonyl (C=O) groups is 2. The molecule has 154 valence electrons. The molecule has 2 amide bonds. The van der Waals surface area contributed by atoms with Gasteiger partial charge in [0.05, 0.1) is 6.54 Å². The van der Waals surface area contributed by atoms with Crippen LogP contribution in [0.25, 0.3) is 0 Å². The average Bonchev–Trinajstić information content (AvgIpc) is 2.72. The topological polar surface area (TPSA) is 86.8 Å². The molecule has 0 unspecified atom stereocenters. The quantitative estimate of drug-likeness (QED) is 0.793. The van der Waals surface area contributed by atoms with Crippen LogP contribution in [0.5, 0.6) is 0 Å². The fourth-order valence-corrected chi connectivity index (χ4v) is 5.24. The molecule has 1 aromatic carbocycles. The maximum Gasteiger partial charge on any atom is 0.246 e. The molecule has 2 fully saturated rings. The van der Waals surface area contributed by atoms with Crippen LogP contribution in [0.2, 0.25) is 0 Å². The van der Waals surface area contributed by atoms with Crippen LogP contribution in [0.1, 0.15) is 32.1 Å². The van der Waals surface area contributed by atoms with Crippen molar-refractivity contribution >= 4 is 21.8 Å². The number of sulfonamides is 1. The molecule has 3 rings (SSSR count). The Morgan fingerprint density at radius 3 is 2.32 bits per heavy atom. The highest BCUT2D eigenvalue weighted by Crippen LogP contribution is 2.23. The minimum absolute atomic E-state index is 0.00990. The van der Waals surface area contributed by atoms with E-state index in [4.69, 9.17) is 0 Å². The molecule has 1 N–H and O–H groups in total. The van der Waals surface area contributed by atoms with Gasteiger partial charge in [0.15, 0.2) is 0 Å². The van der Waals surface area contributed by atoms with E-state index in [1.54, 1.807) is 0 Å². The SMILES string of the molecule is O=C(NCC(=O)N1CCN(S(=O)(=O)c2ccccc2F)CC1)C1CCCCC1. The van der Waals surface area contributed by atoms with E-state index in [-0.39, 0.29) is 55.4 Å². The van der Waals surface area contributed by atoms with Gasteiger partial charge in [0.1, 0.15) is 10.7 Å². The summed E-state index contributed by atoms with van der Waals surface area (Å²) in [4.78, 5) is 25.7. The lowest BCUT2D eigenvalue weighted by Gasteiger charge is -2.34. The molecule has 0 bridgehead atoms. The number of halogens is 1. The fraction of sp³-hybridized carbons (Fsp3) is 0.579. The standard InChI is InChI=1S/C19H26FN3O4S/c20-16-8-4-5-9-17(16)28(26,27)23-12-10-22(11-13-23)18(24)14-21-19(25)15-6-2-1-3-7-15/h4-5,8-9,15H,1-3,6-7,10-14H2,(H,21,25). The largest absolute Gasteiger partial charge is 0.347 e. The van der Waals surface area contributed by atoms with Crippen LogP contribution >= 0.6 is 0 Å². The zero-order chi connectivity index (χ0) is 20.1. The zero-order valence-electron chi connectivity index (χ0n) is 15.8. The molecule has 28 heavy (non-hydrogen) atoms. The van der Waals surface area contributed by atoms with Gasteiger partial charge in [-0.1, -0.05) is 31.4 Å². The summed E-state index contributed by atoms with van der Waals surface area (Å²) in [5.41, 5.74) is 0. The first kappa shape index (κ1) is 20.7. The molecule has 1 aliphatic carbocycles. The average molecular weight is 411 g/mol. The highest BCUT2D eigenvalue weighted by atomic mass is 32.2. The van der Waals surface area contributed by atoms with E-state index in [0.717, 1.165) is 38.2 Å². The minimum Gasteiger partial charge on any atom is -0.347 e. The highest BCUT2D eigenvalue weighted by molar-refractivity contribution is 7.89. The molecule has 2 aliphatic rings. The van der Waals surface area contributed by atoms with Crippen molar-refractivity contribution in [2.45, 2.75) is 37.0 Å². The van der Waals surface area contributed by atoms with Gasteiger partial charge in [0.2, 0.25) is 21.8 Å². The molecule has 1 aliphatic heterocycles. The van der Waals surface area contributed by atoms with Gasteiger partial charge < -0.3 is 10.2 Å². The van der Waals surface area contributed by atoms with Gasteiger partial charge in [-0.2, -0.15) is 4.31 Å². The second-order valence-corrected chi connectivity index (χ2v) is 9.17. The van der Waals surface area contributed by atoms with Crippen LogP contribution in [-0.4, -0.2) is 62.2 Å². The van der Waals surface area contributed by atoms with Crippen molar-refractivity contribution in [3.63, 3.8) is 0 Å². The molecule has 0 radical (unpaired) electrons. The predicted octanol–water partition coefficient (Wildman–Crippen LogP) is 1.36. The Labute approximate surface area is 164 Å². The molecule has 9 heteroatoms. The van der Waals surface area contributed by atoms with Crippen molar-refractivity contribution in [2.24, 2.45) is 5.92 Å². The lowest BCUT2D eigenvalue weighted by molar-refractivity contribution is -0.135. The maximum absolute atomic E-state index is 13.9. The first-order chi connectivity index (χ1) is 13.4. The summed E-state index contributed by atoms with van der Waals surface area (Å²) in [5.74, 6) is -1.10. The Bertz CT molecular complexity index is 816. The van der Waals surface area contributed by atoms with Crippen LogP contribution in [0, 0.1) is 11.7 Å². The van der Waals surface area contributed by atoms with E-state index in [9.17, 15) is 22.4 Å². The highest BCUT2D eigenvalue weighted by Gasteiger charge is 2.32. The number of piperazine rings is 1. The Hall–Kier alpha value is -2.00. The maximum atomic E-state index is 13.9. The monoisotopic (exact) mass is 411 g/mol. The summed E-state index contributed by atoms with van der Waals surface area (Å²) in [6.45, 7) is 0.547. The van der Waals surface area contributed by atoms with Crippen LogP contribution < -0.4 is 5.32 Å². The van der Waals surface area contributed by atoms with Crippen molar-refractivity contribution < 1.29 is 22.4 Å². The molecule has 1 heterocycles. The number of nitrogens with one attached hydrogen (secondary N) is 1. The van der Waals surface area contributed by atoms with Crippen LogP contribution in [-0.2, 0) is 19.6 Å². The summed E-state index contributed by atoms with van der Waals surface area (Å²) in [6.07, 6.45) is 4.98. The van der Waals surface area contributed by atoms with Gasteiger partial charge in [-0.25, -0.2) is 12.8 Å². The van der Waals surface area contributed by atoms with Crippen molar-refractivity contribution in [1.82, 2.24) is 14.5 Å². The van der Waals surface area contributed by atoms with Crippen LogP contribution in [0.3, 0.4) is 0 Å². The van der Waals surface area contributed by atoms with Gasteiger partial charge in [-0.15, -0.1) is 0 Å². The molecule has 0 spiro atoms. The van der Waals surface area contributed by atoms with Gasteiger partial charge in [-0.3, -0.25) is 9.59 Å². The Kier molecular flexibility index (Phi) is 6.66. The smallest absolute Gasteiger partial charge is 0.246 e. The van der Waals surface area contributed by atoms with E-state index in [0.29, 0.717) is 0 Å². The van der Waals surface area contributed by atoms with Crippen molar-refractivity contribution in [1.29, 1.82) is 0 Å². The molecule has 7 nitrogen and oxygen atoms in total. The summed E-state index contributed by atoms with van der Waals surface area (Å²) in [6, 6.07) is 5.27. The summed E-state index contributed by atoms with van der Waals surface area (Å²) < 4.78 is 40.3. The van der Waals surface area contributed by atoms with Gasteiger partial charge in [-0.05, 0) is 25.0 Å². The second kappa shape index (κ2) is 9.00. The Morgan fingerprint density at radius 2 is 1.68 bits per heavy atom. The third kappa shape index (κ3) is 4.70. The fourth-order valence-electron chi connectivity index (χ4n) is 3.75. The van der Waals surface area contributed by atoms with E-state index in [2.05, 4.69) is 5.32 Å². The van der Waals surface area contributed by atoms with E-state index in [1.807, 2.05) is 0 Å². The number of rotatable bonds is 5. The van der Waals surface area contributed by atoms with E-state index < -0.39 is 15.8 Å². The van der Waals surface area contributed by atoms with Crippen molar-refractivity contribution in [3.05, 3.63) is 30.1 Å². The number of carbonyl (C=O) groups excluding carboxylic acids is 2. The van der Waals surface area contributed by atoms with Crippen molar-refractivity contribution in [2.75, 3.05) is 32.7 Å². The van der Waals surface area contributed by atoms with Crippen molar-refractivity contribution in [3.8, 4) is 0 Å². The molecule has 1 saturated heterocycles. The van der Waals surface area contributed by atoms with Crippen LogP contribution in [0.15, 0.2) is 29.2 Å². The number of benzene rings is 1. The first-order valence-electron chi connectivity index (χ1n) is 9.70. The lowest BCUT2D eigenvalue weighted by atomic mass is 9.89. The minimum atomic E-state index is -3.93. The molecular weight excluding hydrogens is 385 g/mol. The molecule has 0 aromatic heterocycles. The van der Waals surface area contributed by atoms with Crippen LogP contribution in [0.4, 0.5) is 4.39 Å². The van der Waals surface area contributed by atoms with Gasteiger partial charge in [0.25, 0.3) is 0 Å². The van der Waals surface area contributed by atoms with E-state index >= 15 is 0 Å². The Morgan fingerprint density at radius 1 is 1.04 bits per heavy atom. The molecule has 1 saturated carbocycles. The summed E-state index contributed by atoms with van der Waals surface area (Å²) in [5, 5.41) is 2.71. The molecule has 1 aromatic rings. The predicted molar refractivity (Wildman–Crippen MR) is 101 cm³/mol. The first-order valence-corrected chi connectivity index (χ1v) is 11.1. The third-order valence-electron chi connectivity index (χ3n) is 5.44. The number of hydrogen-bond acceptors (Lipinski definition) is 4. The second-order valence-electron chi connectivity index (χ2n) is 7.27. The summed E-state index contributed by atoms with van der Waals surface area (Å²) in [7, 11) is -3.93. The third-order valence-corrected chi connectivity index (χ3v) is 7.37. The van der Waals surface area contributed by atoms with E-state index in [1.165, 1.54) is 27.4 Å². The number of hydrogen-bond donors (Lipinski definition) is 1. The Balaban J connectivity index is 1.50. The normalized spacial score (nSPS) is 19.4. The number of amides is 2. The lowest BCUT2D eigenvalue weighted by Crippen LogP contribution is -2.52. The molecular formula is C19H26FN3O4S.